The summed E-state index contributed by atoms with van der Waals surface area (Å²) in [5, 5.41) is 0.412. The maximum atomic E-state index is 13.5. The van der Waals surface area contributed by atoms with Crippen LogP contribution in [0.4, 0.5) is 4.39 Å². The topological polar surface area (TPSA) is 58.9 Å². The first-order valence-electron chi connectivity index (χ1n) is 4.64. The van der Waals surface area contributed by atoms with E-state index >= 15 is 0 Å². The number of benzene rings is 1. The molecule has 3 nitrogen and oxygen atoms in total. The molecular weight excluding hydrogens is 195 g/mol. The van der Waals surface area contributed by atoms with Crippen molar-refractivity contribution >= 4 is 10.9 Å². The first kappa shape index (κ1) is 9.86. The lowest BCUT2D eigenvalue weighted by atomic mass is 10.1. The molecule has 0 saturated carbocycles. The van der Waals surface area contributed by atoms with Crippen LogP contribution in [0.2, 0.25) is 0 Å². The minimum absolute atomic E-state index is 0.110. The monoisotopic (exact) mass is 206 g/mol. The van der Waals surface area contributed by atoms with Crippen LogP contribution < -0.4 is 11.3 Å². The lowest BCUT2D eigenvalue weighted by Crippen LogP contribution is -2.16. The predicted octanol–water partition coefficient (Wildman–Crippen LogP) is 1.43. The fraction of sp³-hybridized carbons (Fsp3) is 0.182. The van der Waals surface area contributed by atoms with Gasteiger partial charge in [0.25, 0.3) is 5.56 Å². The lowest BCUT2D eigenvalue weighted by molar-refractivity contribution is 0.639. The second kappa shape index (κ2) is 3.47. The SMILES string of the molecule is Cc1ccc(F)c2cc(CN)c(=O)[nH]c12. The van der Waals surface area contributed by atoms with E-state index in [0.29, 0.717) is 16.5 Å². The fourth-order valence-corrected chi connectivity index (χ4v) is 1.60. The summed E-state index contributed by atoms with van der Waals surface area (Å²) < 4.78 is 13.5. The molecule has 0 spiro atoms. The van der Waals surface area contributed by atoms with Crippen LogP contribution in [0, 0.1) is 12.7 Å². The molecular formula is C11H11FN2O. The molecule has 2 aromatic rings. The Bertz CT molecular complexity index is 575. The highest BCUT2D eigenvalue weighted by Crippen LogP contribution is 2.18. The number of halogens is 1. The Morgan fingerprint density at radius 2 is 2.20 bits per heavy atom. The van der Waals surface area contributed by atoms with E-state index in [1.165, 1.54) is 12.1 Å². The molecule has 0 saturated heterocycles. The molecule has 4 heteroatoms. The van der Waals surface area contributed by atoms with E-state index in [1.807, 2.05) is 6.92 Å². The maximum Gasteiger partial charge on any atom is 0.252 e. The molecule has 0 unspecified atom stereocenters. The highest BCUT2D eigenvalue weighted by Gasteiger charge is 2.07. The van der Waals surface area contributed by atoms with E-state index in [1.54, 1.807) is 6.07 Å². The van der Waals surface area contributed by atoms with Gasteiger partial charge in [-0.1, -0.05) is 6.07 Å². The van der Waals surface area contributed by atoms with Gasteiger partial charge in [-0.15, -0.1) is 0 Å². The van der Waals surface area contributed by atoms with Crippen molar-refractivity contribution in [3.8, 4) is 0 Å². The number of aryl methyl sites for hydroxylation is 1. The third-order valence-corrected chi connectivity index (χ3v) is 2.47. The molecule has 2 rings (SSSR count). The number of hydrogen-bond acceptors (Lipinski definition) is 2. The lowest BCUT2D eigenvalue weighted by Gasteiger charge is -2.04. The van der Waals surface area contributed by atoms with Gasteiger partial charge in [0.2, 0.25) is 0 Å². The fourth-order valence-electron chi connectivity index (χ4n) is 1.60. The smallest absolute Gasteiger partial charge is 0.252 e. The summed E-state index contributed by atoms with van der Waals surface area (Å²) in [5.41, 5.74) is 6.91. The zero-order chi connectivity index (χ0) is 11.0. The van der Waals surface area contributed by atoms with E-state index in [2.05, 4.69) is 4.98 Å². The molecule has 0 fully saturated rings. The highest BCUT2D eigenvalue weighted by atomic mass is 19.1. The minimum atomic E-state index is -0.346. The molecule has 0 radical (unpaired) electrons. The Kier molecular flexibility index (Phi) is 2.28. The van der Waals surface area contributed by atoms with Crippen LogP contribution in [0.1, 0.15) is 11.1 Å². The average molecular weight is 206 g/mol. The number of H-pyrrole nitrogens is 1. The van der Waals surface area contributed by atoms with Crippen LogP contribution >= 0.6 is 0 Å². The van der Waals surface area contributed by atoms with Crippen molar-refractivity contribution in [3.63, 3.8) is 0 Å². The van der Waals surface area contributed by atoms with E-state index in [4.69, 9.17) is 5.73 Å². The Labute approximate surface area is 85.7 Å². The number of aromatic nitrogens is 1. The highest BCUT2D eigenvalue weighted by molar-refractivity contribution is 5.82. The standard InChI is InChI=1S/C11H11FN2O/c1-6-2-3-9(12)8-4-7(5-13)11(15)14-10(6)8/h2-4H,5,13H2,1H3,(H,14,15). The normalized spacial score (nSPS) is 10.9. The summed E-state index contributed by atoms with van der Waals surface area (Å²) >= 11 is 0. The summed E-state index contributed by atoms with van der Waals surface area (Å²) in [6.45, 7) is 1.93. The number of rotatable bonds is 1. The number of pyridine rings is 1. The van der Waals surface area contributed by atoms with Crippen molar-refractivity contribution in [3.05, 3.63) is 45.5 Å². The Balaban J connectivity index is 2.92. The van der Waals surface area contributed by atoms with Gasteiger partial charge in [-0.25, -0.2) is 4.39 Å². The van der Waals surface area contributed by atoms with Gasteiger partial charge < -0.3 is 10.7 Å². The van der Waals surface area contributed by atoms with Gasteiger partial charge in [-0.2, -0.15) is 0 Å². The molecule has 1 aromatic heterocycles. The molecule has 0 atom stereocenters. The van der Waals surface area contributed by atoms with Crippen LogP contribution in [-0.2, 0) is 6.54 Å². The maximum absolute atomic E-state index is 13.5. The van der Waals surface area contributed by atoms with Crippen LogP contribution in [0.15, 0.2) is 23.0 Å². The molecule has 0 aliphatic carbocycles. The molecule has 1 heterocycles. The molecule has 0 amide bonds. The van der Waals surface area contributed by atoms with Crippen molar-refractivity contribution in [2.75, 3.05) is 0 Å². The van der Waals surface area contributed by atoms with Crippen LogP contribution in [0.3, 0.4) is 0 Å². The minimum Gasteiger partial charge on any atom is -0.326 e. The quantitative estimate of drug-likeness (QED) is 0.741. The summed E-state index contributed by atoms with van der Waals surface area (Å²) in [5.74, 6) is -0.346. The van der Waals surface area contributed by atoms with E-state index in [-0.39, 0.29) is 17.9 Å². The summed E-state index contributed by atoms with van der Waals surface area (Å²) in [6, 6.07) is 4.53. The van der Waals surface area contributed by atoms with Gasteiger partial charge in [-0.05, 0) is 24.6 Å². The van der Waals surface area contributed by atoms with Gasteiger partial charge in [0, 0.05) is 17.5 Å². The van der Waals surface area contributed by atoms with Crippen molar-refractivity contribution in [1.82, 2.24) is 4.98 Å². The summed E-state index contributed by atoms with van der Waals surface area (Å²) in [6.07, 6.45) is 0. The number of hydrogen-bond donors (Lipinski definition) is 2. The van der Waals surface area contributed by atoms with Gasteiger partial charge in [0.1, 0.15) is 5.82 Å². The summed E-state index contributed by atoms with van der Waals surface area (Å²) in [4.78, 5) is 14.1. The third-order valence-electron chi connectivity index (χ3n) is 2.47. The number of aromatic amines is 1. The van der Waals surface area contributed by atoms with Crippen molar-refractivity contribution < 1.29 is 4.39 Å². The Hall–Kier alpha value is -1.68. The van der Waals surface area contributed by atoms with Crippen molar-refractivity contribution in [1.29, 1.82) is 0 Å². The molecule has 78 valence electrons. The molecule has 0 aliphatic heterocycles. The first-order chi connectivity index (χ1) is 7.13. The third kappa shape index (κ3) is 1.53. The van der Waals surface area contributed by atoms with Gasteiger partial charge in [0.15, 0.2) is 0 Å². The Morgan fingerprint density at radius 1 is 1.47 bits per heavy atom. The molecule has 0 bridgehead atoms. The van der Waals surface area contributed by atoms with Crippen molar-refractivity contribution in [2.45, 2.75) is 13.5 Å². The van der Waals surface area contributed by atoms with Crippen LogP contribution in [-0.4, -0.2) is 4.98 Å². The zero-order valence-corrected chi connectivity index (χ0v) is 8.30. The predicted molar refractivity (Wildman–Crippen MR) is 57.2 cm³/mol. The van der Waals surface area contributed by atoms with Crippen LogP contribution in [0.25, 0.3) is 10.9 Å². The Morgan fingerprint density at radius 3 is 2.87 bits per heavy atom. The zero-order valence-electron chi connectivity index (χ0n) is 8.30. The number of nitrogens with two attached hydrogens (primary N) is 1. The first-order valence-corrected chi connectivity index (χ1v) is 4.64. The second-order valence-corrected chi connectivity index (χ2v) is 3.48. The molecule has 1 aromatic carbocycles. The number of fused-ring (bicyclic) bond motifs is 1. The van der Waals surface area contributed by atoms with Gasteiger partial charge >= 0.3 is 0 Å². The summed E-state index contributed by atoms with van der Waals surface area (Å²) in [7, 11) is 0. The van der Waals surface area contributed by atoms with E-state index in [0.717, 1.165) is 5.56 Å². The molecule has 3 N–H and O–H groups in total. The van der Waals surface area contributed by atoms with Crippen LogP contribution in [0.5, 0.6) is 0 Å². The number of nitrogens with one attached hydrogen (secondary N) is 1. The van der Waals surface area contributed by atoms with E-state index in [9.17, 15) is 9.18 Å². The van der Waals surface area contributed by atoms with Crippen molar-refractivity contribution in [2.24, 2.45) is 5.73 Å². The molecule has 15 heavy (non-hydrogen) atoms. The van der Waals surface area contributed by atoms with Gasteiger partial charge in [0.05, 0.1) is 5.52 Å². The van der Waals surface area contributed by atoms with Gasteiger partial charge in [-0.3, -0.25) is 4.79 Å². The second-order valence-electron chi connectivity index (χ2n) is 3.48. The average Bonchev–Trinajstić information content (AvgIpc) is 2.23. The molecule has 0 aliphatic rings. The largest absolute Gasteiger partial charge is 0.326 e. The van der Waals surface area contributed by atoms with E-state index < -0.39 is 0 Å².